The summed E-state index contributed by atoms with van der Waals surface area (Å²) in [4.78, 5) is 17.6. The number of amides is 1. The summed E-state index contributed by atoms with van der Waals surface area (Å²) < 4.78 is 0.775. The second-order valence-corrected chi connectivity index (χ2v) is 4.68. The Morgan fingerprint density at radius 1 is 1.56 bits per heavy atom. The molecule has 0 bridgehead atoms. The van der Waals surface area contributed by atoms with Crippen LogP contribution in [0.2, 0.25) is 0 Å². The maximum atomic E-state index is 12.1. The fraction of sp³-hybridized carbons (Fsp3) is 0.182. The van der Waals surface area contributed by atoms with Crippen molar-refractivity contribution in [2.45, 2.75) is 6.54 Å². The van der Waals surface area contributed by atoms with Gasteiger partial charge in [-0.3, -0.25) is 9.89 Å². The number of hydrogen-bond donors (Lipinski definition) is 2. The number of nitrogens with zero attached hydrogens (tertiary/aromatic N) is 3. The molecule has 18 heavy (non-hydrogen) atoms. The number of nitrogens with one attached hydrogen (secondary N) is 1. The minimum absolute atomic E-state index is 0.120. The zero-order chi connectivity index (χ0) is 13.1. The van der Waals surface area contributed by atoms with Crippen LogP contribution in [0.4, 0.5) is 5.69 Å². The van der Waals surface area contributed by atoms with Gasteiger partial charge in [-0.25, -0.2) is 4.98 Å². The number of nitrogens with two attached hydrogens (primary N) is 1. The molecule has 0 unspecified atom stereocenters. The molecule has 0 saturated heterocycles. The summed E-state index contributed by atoms with van der Waals surface area (Å²) in [7, 11) is 1.70. The van der Waals surface area contributed by atoms with E-state index in [1.54, 1.807) is 30.1 Å². The fourth-order valence-corrected chi connectivity index (χ4v) is 1.75. The van der Waals surface area contributed by atoms with Crippen molar-refractivity contribution in [3.05, 3.63) is 40.4 Å². The summed E-state index contributed by atoms with van der Waals surface area (Å²) in [5.74, 6) is 0.515. The highest BCUT2D eigenvalue weighted by molar-refractivity contribution is 9.10. The maximum Gasteiger partial charge on any atom is 0.254 e. The molecule has 3 N–H and O–H groups in total. The molecule has 6 nitrogen and oxygen atoms in total. The Hall–Kier alpha value is -1.89. The first-order chi connectivity index (χ1) is 8.58. The molecule has 1 aromatic carbocycles. The van der Waals surface area contributed by atoms with Crippen molar-refractivity contribution >= 4 is 27.5 Å². The first-order valence-electron chi connectivity index (χ1n) is 5.22. The Bertz CT molecular complexity index is 555. The van der Waals surface area contributed by atoms with E-state index in [-0.39, 0.29) is 5.91 Å². The van der Waals surface area contributed by atoms with Crippen LogP contribution in [0.1, 0.15) is 16.2 Å². The molecule has 0 fully saturated rings. The maximum absolute atomic E-state index is 12.1. The Labute approximate surface area is 112 Å². The summed E-state index contributed by atoms with van der Waals surface area (Å²) in [6.07, 6.45) is 1.41. The first-order valence-corrected chi connectivity index (χ1v) is 6.02. The van der Waals surface area contributed by atoms with Gasteiger partial charge in [-0.15, -0.1) is 0 Å². The first kappa shape index (κ1) is 12.6. The normalized spacial score (nSPS) is 10.3. The molecule has 2 aromatic rings. The van der Waals surface area contributed by atoms with Crippen LogP contribution in [0.5, 0.6) is 0 Å². The van der Waals surface area contributed by atoms with Crippen LogP contribution in [-0.2, 0) is 6.54 Å². The molecule has 1 amide bonds. The standard InChI is InChI=1S/C11H12BrN5O/c1-17(5-10-14-6-15-16-10)11(18)7-2-3-8(12)9(13)4-7/h2-4,6H,5,13H2,1H3,(H,14,15,16). The van der Waals surface area contributed by atoms with Gasteiger partial charge in [-0.05, 0) is 34.1 Å². The van der Waals surface area contributed by atoms with Gasteiger partial charge in [0.05, 0.1) is 6.54 Å². The van der Waals surface area contributed by atoms with E-state index in [9.17, 15) is 4.79 Å². The van der Waals surface area contributed by atoms with Crippen LogP contribution >= 0.6 is 15.9 Å². The van der Waals surface area contributed by atoms with E-state index in [1.807, 2.05) is 0 Å². The van der Waals surface area contributed by atoms with Crippen molar-refractivity contribution in [2.24, 2.45) is 0 Å². The van der Waals surface area contributed by atoms with Crippen molar-refractivity contribution < 1.29 is 4.79 Å². The number of anilines is 1. The Balaban J connectivity index is 2.12. The Morgan fingerprint density at radius 3 is 2.94 bits per heavy atom. The largest absolute Gasteiger partial charge is 0.398 e. The summed E-state index contributed by atoms with van der Waals surface area (Å²) in [5.41, 5.74) is 6.82. The topological polar surface area (TPSA) is 87.9 Å². The van der Waals surface area contributed by atoms with Crippen LogP contribution in [0.3, 0.4) is 0 Å². The number of halogens is 1. The molecule has 94 valence electrons. The highest BCUT2D eigenvalue weighted by atomic mass is 79.9. The number of nitrogen functional groups attached to an aromatic ring is 1. The van der Waals surface area contributed by atoms with Crippen molar-refractivity contribution in [2.75, 3.05) is 12.8 Å². The number of carbonyl (C=O) groups is 1. The second kappa shape index (κ2) is 5.18. The summed E-state index contributed by atoms with van der Waals surface area (Å²) in [6, 6.07) is 5.12. The zero-order valence-corrected chi connectivity index (χ0v) is 11.3. The molecule has 0 atom stereocenters. The van der Waals surface area contributed by atoms with Crippen LogP contribution in [-0.4, -0.2) is 33.0 Å². The van der Waals surface area contributed by atoms with Gasteiger partial charge < -0.3 is 10.6 Å². The number of hydrogen-bond acceptors (Lipinski definition) is 4. The molecular formula is C11H12BrN5O. The predicted octanol–water partition coefficient (Wildman–Crippen LogP) is 1.42. The summed E-state index contributed by atoms with van der Waals surface area (Å²) >= 11 is 3.29. The molecule has 0 aliphatic heterocycles. The summed E-state index contributed by atoms with van der Waals surface area (Å²) in [5, 5.41) is 6.44. The van der Waals surface area contributed by atoms with Gasteiger partial charge in [0, 0.05) is 22.8 Å². The lowest BCUT2D eigenvalue weighted by atomic mass is 10.2. The third kappa shape index (κ3) is 2.67. The number of aromatic nitrogens is 3. The monoisotopic (exact) mass is 309 g/mol. The summed E-state index contributed by atoms with van der Waals surface area (Å²) in [6.45, 7) is 0.370. The zero-order valence-electron chi connectivity index (χ0n) is 9.72. The number of benzene rings is 1. The molecule has 0 aliphatic carbocycles. The smallest absolute Gasteiger partial charge is 0.254 e. The van der Waals surface area contributed by atoms with Gasteiger partial charge in [0.2, 0.25) is 0 Å². The minimum atomic E-state index is -0.120. The molecule has 0 saturated carbocycles. The van der Waals surface area contributed by atoms with Crippen molar-refractivity contribution in [1.82, 2.24) is 20.1 Å². The fourth-order valence-electron chi connectivity index (χ4n) is 1.50. The van der Waals surface area contributed by atoms with Gasteiger partial charge in [-0.2, -0.15) is 5.10 Å². The predicted molar refractivity (Wildman–Crippen MR) is 70.7 cm³/mol. The molecule has 1 heterocycles. The van der Waals surface area contributed by atoms with E-state index in [2.05, 4.69) is 31.1 Å². The average molecular weight is 310 g/mol. The molecular weight excluding hydrogens is 298 g/mol. The van der Waals surface area contributed by atoms with Crippen molar-refractivity contribution in [3.63, 3.8) is 0 Å². The lowest BCUT2D eigenvalue weighted by Gasteiger charge is -2.16. The average Bonchev–Trinajstić information content (AvgIpc) is 2.84. The number of aromatic amines is 1. The van der Waals surface area contributed by atoms with Gasteiger partial charge in [0.25, 0.3) is 5.91 Å². The molecule has 0 spiro atoms. The number of H-pyrrole nitrogens is 1. The van der Waals surface area contributed by atoms with E-state index in [0.29, 0.717) is 23.6 Å². The van der Waals surface area contributed by atoms with E-state index < -0.39 is 0 Å². The van der Waals surface area contributed by atoms with E-state index in [0.717, 1.165) is 4.47 Å². The number of rotatable bonds is 3. The van der Waals surface area contributed by atoms with Gasteiger partial charge in [0.15, 0.2) is 0 Å². The molecule has 2 rings (SSSR count). The highest BCUT2D eigenvalue weighted by Gasteiger charge is 2.14. The Kier molecular flexibility index (Phi) is 3.61. The van der Waals surface area contributed by atoms with Crippen molar-refractivity contribution in [3.8, 4) is 0 Å². The molecule has 0 aliphatic rings. The lowest BCUT2D eigenvalue weighted by Crippen LogP contribution is -2.26. The third-order valence-corrected chi connectivity index (χ3v) is 3.16. The van der Waals surface area contributed by atoms with Crippen LogP contribution in [0, 0.1) is 0 Å². The Morgan fingerprint density at radius 2 is 2.33 bits per heavy atom. The van der Waals surface area contributed by atoms with Gasteiger partial charge in [-0.1, -0.05) is 0 Å². The SMILES string of the molecule is CN(Cc1ncn[nH]1)C(=O)c1ccc(Br)c(N)c1. The van der Waals surface area contributed by atoms with E-state index in [1.165, 1.54) is 6.33 Å². The highest BCUT2D eigenvalue weighted by Crippen LogP contribution is 2.21. The van der Waals surface area contributed by atoms with Crippen molar-refractivity contribution in [1.29, 1.82) is 0 Å². The second-order valence-electron chi connectivity index (χ2n) is 3.83. The molecule has 0 radical (unpaired) electrons. The van der Waals surface area contributed by atoms with Gasteiger partial charge in [0.1, 0.15) is 12.2 Å². The van der Waals surface area contributed by atoms with Gasteiger partial charge >= 0.3 is 0 Å². The van der Waals surface area contributed by atoms with Crippen LogP contribution in [0.25, 0.3) is 0 Å². The van der Waals surface area contributed by atoms with E-state index >= 15 is 0 Å². The quantitative estimate of drug-likeness (QED) is 0.839. The molecule has 1 aromatic heterocycles. The molecule has 7 heteroatoms. The minimum Gasteiger partial charge on any atom is -0.398 e. The van der Waals surface area contributed by atoms with Crippen LogP contribution < -0.4 is 5.73 Å². The third-order valence-electron chi connectivity index (χ3n) is 2.44. The van der Waals surface area contributed by atoms with Crippen LogP contribution in [0.15, 0.2) is 29.0 Å². The van der Waals surface area contributed by atoms with E-state index in [4.69, 9.17) is 5.73 Å². The number of carbonyl (C=O) groups excluding carboxylic acids is 1. The lowest BCUT2D eigenvalue weighted by molar-refractivity contribution is 0.0781.